The number of nitrogens with one attached hydrogen (secondary N) is 1. The van der Waals surface area contributed by atoms with Gasteiger partial charge in [-0.1, -0.05) is 45.4 Å². The van der Waals surface area contributed by atoms with E-state index in [0.717, 1.165) is 13.0 Å². The third-order valence-corrected chi connectivity index (χ3v) is 2.47. The minimum Gasteiger partial charge on any atom is -0.355 e. The van der Waals surface area contributed by atoms with E-state index in [1.165, 1.54) is 38.5 Å². The van der Waals surface area contributed by atoms with Crippen LogP contribution in [0.5, 0.6) is 0 Å². The van der Waals surface area contributed by atoms with Crippen molar-refractivity contribution < 1.29 is 4.79 Å². The average Bonchev–Trinajstić information content (AvgIpc) is 2.21. The molecule has 0 heterocycles. The molecule has 0 radical (unpaired) electrons. The summed E-state index contributed by atoms with van der Waals surface area (Å²) in [5.41, 5.74) is 0. The zero-order valence-corrected chi connectivity index (χ0v) is 9.91. The lowest BCUT2D eigenvalue weighted by molar-refractivity contribution is -0.118. The minimum absolute atomic E-state index is 0.0577. The van der Waals surface area contributed by atoms with Crippen molar-refractivity contribution in [2.75, 3.05) is 12.4 Å². The highest BCUT2D eigenvalue weighted by atomic mass is 35.5. The third kappa shape index (κ3) is 9.85. The molecule has 14 heavy (non-hydrogen) atoms. The molecule has 0 aromatic heterocycles. The van der Waals surface area contributed by atoms with Crippen molar-refractivity contribution in [3.05, 3.63) is 0 Å². The van der Waals surface area contributed by atoms with Crippen LogP contribution in [0.15, 0.2) is 0 Å². The number of hydrogen-bond donors (Lipinski definition) is 1. The number of carbonyl (C=O) groups excluding carboxylic acids is 1. The molecule has 0 aliphatic carbocycles. The predicted octanol–water partition coefficient (Wildman–Crippen LogP) is 3.09. The first kappa shape index (κ1) is 13.8. The van der Waals surface area contributed by atoms with Crippen LogP contribution in [-0.4, -0.2) is 18.3 Å². The second-order valence-electron chi connectivity index (χ2n) is 3.60. The summed E-state index contributed by atoms with van der Waals surface area (Å²) in [5.74, 6) is 0.0221. The maximum absolute atomic E-state index is 10.7. The minimum atomic E-state index is -0.0577. The van der Waals surface area contributed by atoms with Crippen molar-refractivity contribution in [3.8, 4) is 0 Å². The highest BCUT2D eigenvalue weighted by molar-refractivity contribution is 6.27. The number of hydrogen-bond acceptors (Lipinski definition) is 1. The number of carbonyl (C=O) groups is 1. The van der Waals surface area contributed by atoms with Gasteiger partial charge in [0, 0.05) is 6.54 Å². The Balaban J connectivity index is 2.95. The number of alkyl halides is 1. The van der Waals surface area contributed by atoms with Gasteiger partial charge < -0.3 is 5.32 Å². The van der Waals surface area contributed by atoms with Crippen LogP contribution in [0, 0.1) is 0 Å². The topological polar surface area (TPSA) is 29.1 Å². The van der Waals surface area contributed by atoms with Gasteiger partial charge >= 0.3 is 0 Å². The van der Waals surface area contributed by atoms with Gasteiger partial charge in [0.15, 0.2) is 0 Å². The largest absolute Gasteiger partial charge is 0.355 e. The van der Waals surface area contributed by atoms with E-state index < -0.39 is 0 Å². The van der Waals surface area contributed by atoms with E-state index in [1.807, 2.05) is 0 Å². The lowest BCUT2D eigenvalue weighted by atomic mass is 10.1. The molecule has 1 N–H and O–H groups in total. The fourth-order valence-electron chi connectivity index (χ4n) is 1.36. The third-order valence-electron chi connectivity index (χ3n) is 2.22. The number of rotatable bonds is 9. The molecule has 84 valence electrons. The maximum atomic E-state index is 10.7. The van der Waals surface area contributed by atoms with Crippen molar-refractivity contribution in [2.24, 2.45) is 0 Å². The van der Waals surface area contributed by atoms with Crippen molar-refractivity contribution >= 4 is 17.5 Å². The Hall–Kier alpha value is -0.240. The first-order chi connectivity index (χ1) is 6.81. The van der Waals surface area contributed by atoms with E-state index in [0.29, 0.717) is 0 Å². The van der Waals surface area contributed by atoms with Gasteiger partial charge in [-0.25, -0.2) is 0 Å². The summed E-state index contributed by atoms with van der Waals surface area (Å²) >= 11 is 5.34. The standard InChI is InChI=1S/C11H22ClNO/c1-2-3-4-5-6-7-8-9-13-11(14)10-12/h2-10H2,1H3,(H,13,14). The Bertz CT molecular complexity index is 139. The van der Waals surface area contributed by atoms with E-state index in [1.54, 1.807) is 0 Å². The van der Waals surface area contributed by atoms with E-state index in [-0.39, 0.29) is 11.8 Å². The summed E-state index contributed by atoms with van der Waals surface area (Å²) in [6, 6.07) is 0. The predicted molar refractivity (Wildman–Crippen MR) is 61.7 cm³/mol. The molecular formula is C11H22ClNO. The van der Waals surface area contributed by atoms with Crippen LogP contribution in [-0.2, 0) is 4.79 Å². The van der Waals surface area contributed by atoms with Gasteiger partial charge in [-0.05, 0) is 6.42 Å². The smallest absolute Gasteiger partial charge is 0.234 e. The van der Waals surface area contributed by atoms with E-state index in [9.17, 15) is 4.79 Å². The van der Waals surface area contributed by atoms with Crippen LogP contribution < -0.4 is 5.32 Å². The molecule has 0 aliphatic rings. The summed E-state index contributed by atoms with van der Waals surface area (Å²) in [7, 11) is 0. The normalized spacial score (nSPS) is 10.1. The number of halogens is 1. The monoisotopic (exact) mass is 219 g/mol. The molecule has 0 atom stereocenters. The molecule has 0 saturated heterocycles. The van der Waals surface area contributed by atoms with E-state index in [4.69, 9.17) is 11.6 Å². The van der Waals surface area contributed by atoms with Crippen molar-refractivity contribution in [2.45, 2.75) is 51.9 Å². The van der Waals surface area contributed by atoms with Gasteiger partial charge in [-0.15, -0.1) is 11.6 Å². The zero-order chi connectivity index (χ0) is 10.6. The zero-order valence-electron chi connectivity index (χ0n) is 9.15. The summed E-state index contributed by atoms with van der Waals surface area (Å²) in [4.78, 5) is 10.7. The Kier molecular flexibility index (Phi) is 10.7. The molecule has 3 heteroatoms. The SMILES string of the molecule is CCCCCCCCCNC(=O)CCl. The summed E-state index contributed by atoms with van der Waals surface area (Å²) in [5, 5.41) is 2.76. The Morgan fingerprint density at radius 2 is 1.64 bits per heavy atom. The molecule has 0 saturated carbocycles. The highest BCUT2D eigenvalue weighted by Gasteiger charge is 1.96. The molecule has 0 aliphatic heterocycles. The van der Waals surface area contributed by atoms with E-state index in [2.05, 4.69) is 12.2 Å². The van der Waals surface area contributed by atoms with Crippen LogP contribution in [0.25, 0.3) is 0 Å². The molecule has 0 aromatic carbocycles. The summed E-state index contributed by atoms with van der Waals surface area (Å²) in [6.07, 6.45) is 8.91. The first-order valence-corrected chi connectivity index (χ1v) is 6.17. The molecule has 0 aromatic rings. The Labute approximate surface area is 92.4 Å². The molecule has 0 bridgehead atoms. The maximum Gasteiger partial charge on any atom is 0.234 e. The fourth-order valence-corrected chi connectivity index (χ4v) is 1.45. The van der Waals surface area contributed by atoms with Gasteiger partial charge in [0.1, 0.15) is 5.88 Å². The second kappa shape index (κ2) is 10.8. The first-order valence-electron chi connectivity index (χ1n) is 5.64. The molecular weight excluding hydrogens is 198 g/mol. The molecule has 0 spiro atoms. The Morgan fingerprint density at radius 1 is 1.07 bits per heavy atom. The average molecular weight is 220 g/mol. The molecule has 0 fully saturated rings. The van der Waals surface area contributed by atoms with Gasteiger partial charge in [0.05, 0.1) is 0 Å². The van der Waals surface area contributed by atoms with Gasteiger partial charge in [-0.3, -0.25) is 4.79 Å². The Morgan fingerprint density at radius 3 is 2.21 bits per heavy atom. The fraction of sp³-hybridized carbons (Fsp3) is 0.909. The molecule has 0 rings (SSSR count). The number of unbranched alkanes of at least 4 members (excludes halogenated alkanes) is 6. The van der Waals surface area contributed by atoms with Crippen LogP contribution in [0.2, 0.25) is 0 Å². The van der Waals surface area contributed by atoms with Gasteiger partial charge in [0.2, 0.25) is 5.91 Å². The van der Waals surface area contributed by atoms with Crippen molar-refractivity contribution in [1.82, 2.24) is 5.32 Å². The van der Waals surface area contributed by atoms with Gasteiger partial charge in [0.25, 0.3) is 0 Å². The molecule has 2 nitrogen and oxygen atoms in total. The van der Waals surface area contributed by atoms with Crippen molar-refractivity contribution in [1.29, 1.82) is 0 Å². The lowest BCUT2D eigenvalue weighted by Gasteiger charge is -2.02. The number of amides is 1. The van der Waals surface area contributed by atoms with Crippen LogP contribution in [0.3, 0.4) is 0 Å². The van der Waals surface area contributed by atoms with Crippen molar-refractivity contribution in [3.63, 3.8) is 0 Å². The van der Waals surface area contributed by atoms with Crippen LogP contribution >= 0.6 is 11.6 Å². The van der Waals surface area contributed by atoms with Gasteiger partial charge in [-0.2, -0.15) is 0 Å². The summed E-state index contributed by atoms with van der Waals surface area (Å²) < 4.78 is 0. The second-order valence-corrected chi connectivity index (χ2v) is 3.87. The summed E-state index contributed by atoms with van der Waals surface area (Å²) in [6.45, 7) is 3.00. The van der Waals surface area contributed by atoms with Crippen LogP contribution in [0.1, 0.15) is 51.9 Å². The molecule has 0 unspecified atom stereocenters. The van der Waals surface area contributed by atoms with Crippen LogP contribution in [0.4, 0.5) is 0 Å². The van der Waals surface area contributed by atoms with E-state index >= 15 is 0 Å². The highest BCUT2D eigenvalue weighted by Crippen LogP contribution is 2.06. The quantitative estimate of drug-likeness (QED) is 0.469. The lowest BCUT2D eigenvalue weighted by Crippen LogP contribution is -2.25. The molecule has 1 amide bonds.